The molecule has 0 N–H and O–H groups in total. The van der Waals surface area contributed by atoms with Crippen LogP contribution in [0.25, 0.3) is 0 Å². The van der Waals surface area contributed by atoms with E-state index in [1.807, 2.05) is 0 Å². The highest BCUT2D eigenvalue weighted by Crippen LogP contribution is 2.28. The summed E-state index contributed by atoms with van der Waals surface area (Å²) in [5.74, 6) is -0.105. The van der Waals surface area contributed by atoms with Gasteiger partial charge >= 0.3 is 0 Å². The molecule has 0 aromatic heterocycles. The van der Waals surface area contributed by atoms with Crippen LogP contribution in [0.5, 0.6) is 5.75 Å². The Morgan fingerprint density at radius 3 is 2.83 bits per heavy atom. The van der Waals surface area contributed by atoms with Gasteiger partial charge < -0.3 is 9.47 Å². The molecule has 96 valence electrons. The van der Waals surface area contributed by atoms with Crippen LogP contribution in [0.1, 0.15) is 29.6 Å². The summed E-state index contributed by atoms with van der Waals surface area (Å²) in [7, 11) is 1.52. The Hall–Kier alpha value is -1.68. The Morgan fingerprint density at radius 2 is 2.17 bits per heavy atom. The van der Waals surface area contributed by atoms with E-state index in [1.165, 1.54) is 7.11 Å². The third kappa shape index (κ3) is 2.59. The molecule has 18 heavy (non-hydrogen) atoms. The van der Waals surface area contributed by atoms with Crippen LogP contribution in [0, 0.1) is 5.92 Å². The van der Waals surface area contributed by atoms with E-state index in [2.05, 4.69) is 0 Å². The molecule has 1 unspecified atom stereocenters. The second-order valence-electron chi connectivity index (χ2n) is 4.32. The number of hydrogen-bond acceptors (Lipinski definition) is 4. The van der Waals surface area contributed by atoms with Crippen LogP contribution in [0.15, 0.2) is 24.3 Å². The molecule has 1 aromatic rings. The van der Waals surface area contributed by atoms with Gasteiger partial charge in [-0.3, -0.25) is 9.59 Å². The fourth-order valence-electron chi connectivity index (χ4n) is 2.20. The minimum atomic E-state index is -0.489. The van der Waals surface area contributed by atoms with Crippen molar-refractivity contribution in [1.29, 1.82) is 0 Å². The highest BCUT2D eigenvalue weighted by atomic mass is 16.7. The quantitative estimate of drug-likeness (QED) is 0.455. The predicted molar refractivity (Wildman–Crippen MR) is 65.6 cm³/mol. The van der Waals surface area contributed by atoms with E-state index in [-0.39, 0.29) is 18.4 Å². The van der Waals surface area contributed by atoms with Crippen molar-refractivity contribution in [2.45, 2.75) is 19.3 Å². The highest BCUT2D eigenvalue weighted by molar-refractivity contribution is 6.12. The second-order valence-corrected chi connectivity index (χ2v) is 4.32. The maximum Gasteiger partial charge on any atom is 0.188 e. The summed E-state index contributed by atoms with van der Waals surface area (Å²) >= 11 is 0. The number of carbonyl (C=O) groups is 2. The zero-order valence-corrected chi connectivity index (χ0v) is 10.3. The number of hydrogen-bond donors (Lipinski definition) is 0. The lowest BCUT2D eigenvalue weighted by Crippen LogP contribution is -2.19. The maximum atomic E-state index is 12.3. The van der Waals surface area contributed by atoms with E-state index < -0.39 is 5.92 Å². The number of methoxy groups -OCH3 is 1. The molecule has 1 saturated carbocycles. The number of benzene rings is 1. The minimum Gasteiger partial charge on any atom is -0.467 e. The molecule has 4 heteroatoms. The fourth-order valence-corrected chi connectivity index (χ4v) is 2.20. The van der Waals surface area contributed by atoms with Crippen LogP contribution in [0.2, 0.25) is 0 Å². The van der Waals surface area contributed by atoms with Gasteiger partial charge in [-0.1, -0.05) is 12.1 Å². The summed E-state index contributed by atoms with van der Waals surface area (Å²) in [4.78, 5) is 23.9. The molecular weight excluding hydrogens is 232 g/mol. The molecule has 0 saturated heterocycles. The lowest BCUT2D eigenvalue weighted by molar-refractivity contribution is -0.119. The zero-order chi connectivity index (χ0) is 13.0. The third-order valence-electron chi connectivity index (χ3n) is 3.11. The average molecular weight is 248 g/mol. The molecule has 0 bridgehead atoms. The Kier molecular flexibility index (Phi) is 4.10. The first-order valence-electron chi connectivity index (χ1n) is 6.01. The monoisotopic (exact) mass is 248 g/mol. The fraction of sp³-hybridized carbons (Fsp3) is 0.429. The third-order valence-corrected chi connectivity index (χ3v) is 3.11. The van der Waals surface area contributed by atoms with E-state index >= 15 is 0 Å². The Balaban J connectivity index is 2.21. The van der Waals surface area contributed by atoms with Gasteiger partial charge in [-0.25, -0.2) is 0 Å². The molecule has 2 rings (SSSR count). The molecule has 0 amide bonds. The standard InChI is InChI=1S/C14H16O4/c1-17-9-18-13-8-3-2-5-11(13)14(16)10-6-4-7-12(10)15/h2-3,5,8,10H,4,6-7,9H2,1H3. The van der Waals surface area contributed by atoms with Crippen molar-refractivity contribution in [1.82, 2.24) is 0 Å². The number of rotatable bonds is 5. The second kappa shape index (κ2) is 5.78. The minimum absolute atomic E-state index is 0.0431. The lowest BCUT2D eigenvalue weighted by atomic mass is 9.95. The SMILES string of the molecule is COCOc1ccccc1C(=O)C1CCCC1=O. The number of ether oxygens (including phenoxy) is 2. The average Bonchev–Trinajstić information content (AvgIpc) is 2.82. The van der Waals surface area contributed by atoms with Gasteiger partial charge in [0.1, 0.15) is 11.5 Å². The molecule has 1 fully saturated rings. The number of ketones is 2. The van der Waals surface area contributed by atoms with E-state index in [0.717, 1.165) is 6.42 Å². The number of para-hydroxylation sites is 1. The predicted octanol–water partition coefficient (Wildman–Crippen LogP) is 2.22. The first kappa shape index (κ1) is 12.8. The van der Waals surface area contributed by atoms with E-state index in [1.54, 1.807) is 24.3 Å². The first-order valence-corrected chi connectivity index (χ1v) is 6.01. The smallest absolute Gasteiger partial charge is 0.188 e. The maximum absolute atomic E-state index is 12.3. The van der Waals surface area contributed by atoms with E-state index in [9.17, 15) is 9.59 Å². The van der Waals surface area contributed by atoms with Crippen molar-refractivity contribution >= 4 is 11.6 Å². The topological polar surface area (TPSA) is 52.6 Å². The molecular formula is C14H16O4. The van der Waals surface area contributed by atoms with E-state index in [0.29, 0.717) is 24.2 Å². The zero-order valence-electron chi connectivity index (χ0n) is 10.3. The van der Waals surface area contributed by atoms with Gasteiger partial charge in [-0.15, -0.1) is 0 Å². The Bertz CT molecular complexity index is 453. The number of carbonyl (C=O) groups excluding carboxylic acids is 2. The summed E-state index contributed by atoms with van der Waals surface area (Å²) < 4.78 is 10.2. The molecule has 1 aliphatic rings. The Labute approximate surface area is 106 Å². The summed E-state index contributed by atoms with van der Waals surface area (Å²) in [5.41, 5.74) is 0.467. The van der Waals surface area contributed by atoms with E-state index in [4.69, 9.17) is 9.47 Å². The molecule has 0 aliphatic heterocycles. The van der Waals surface area contributed by atoms with Crippen LogP contribution in [-0.2, 0) is 9.53 Å². The lowest BCUT2D eigenvalue weighted by Gasteiger charge is -2.12. The van der Waals surface area contributed by atoms with Gasteiger partial charge in [0, 0.05) is 13.5 Å². The summed E-state index contributed by atoms with van der Waals surface area (Å²) in [6.45, 7) is 0.0862. The summed E-state index contributed by atoms with van der Waals surface area (Å²) in [6, 6.07) is 6.97. The molecule has 1 aromatic carbocycles. The van der Waals surface area contributed by atoms with Crippen LogP contribution in [-0.4, -0.2) is 25.5 Å². The van der Waals surface area contributed by atoms with Crippen LogP contribution >= 0.6 is 0 Å². The van der Waals surface area contributed by atoms with Gasteiger partial charge in [-0.2, -0.15) is 0 Å². The summed E-state index contributed by atoms with van der Waals surface area (Å²) in [6.07, 6.45) is 1.96. The van der Waals surface area contributed by atoms with Gasteiger partial charge in [0.05, 0.1) is 11.5 Å². The van der Waals surface area contributed by atoms with Crippen molar-refractivity contribution in [2.75, 3.05) is 13.9 Å². The summed E-state index contributed by atoms with van der Waals surface area (Å²) in [5, 5.41) is 0. The highest BCUT2D eigenvalue weighted by Gasteiger charge is 2.32. The molecule has 0 heterocycles. The first-order chi connectivity index (χ1) is 8.74. The van der Waals surface area contributed by atoms with Gasteiger partial charge in [0.2, 0.25) is 0 Å². The van der Waals surface area contributed by atoms with Crippen LogP contribution < -0.4 is 4.74 Å². The van der Waals surface area contributed by atoms with Crippen LogP contribution in [0.3, 0.4) is 0 Å². The molecule has 1 atom stereocenters. The molecule has 0 spiro atoms. The van der Waals surface area contributed by atoms with Gasteiger partial charge in [0.25, 0.3) is 0 Å². The van der Waals surface area contributed by atoms with Gasteiger partial charge in [-0.05, 0) is 25.0 Å². The van der Waals surface area contributed by atoms with Crippen molar-refractivity contribution in [3.05, 3.63) is 29.8 Å². The molecule has 0 radical (unpaired) electrons. The molecule has 4 nitrogen and oxygen atoms in total. The number of Topliss-reactive ketones (excluding diaryl/α,β-unsaturated/α-hetero) is 2. The normalized spacial score (nSPS) is 18.9. The largest absolute Gasteiger partial charge is 0.467 e. The molecule has 1 aliphatic carbocycles. The van der Waals surface area contributed by atoms with Gasteiger partial charge in [0.15, 0.2) is 12.6 Å². The van der Waals surface area contributed by atoms with Crippen LogP contribution in [0.4, 0.5) is 0 Å². The van der Waals surface area contributed by atoms with Crippen molar-refractivity contribution in [2.24, 2.45) is 5.92 Å². The van der Waals surface area contributed by atoms with Crippen molar-refractivity contribution in [3.8, 4) is 5.75 Å². The van der Waals surface area contributed by atoms with Crippen molar-refractivity contribution < 1.29 is 19.1 Å². The Morgan fingerprint density at radius 1 is 1.39 bits per heavy atom. The van der Waals surface area contributed by atoms with Crippen molar-refractivity contribution in [3.63, 3.8) is 0 Å².